The molecule has 0 atom stereocenters. The summed E-state index contributed by atoms with van der Waals surface area (Å²) in [7, 11) is 1.49. The van der Waals surface area contributed by atoms with E-state index in [1.807, 2.05) is 30.3 Å². The van der Waals surface area contributed by atoms with Crippen molar-refractivity contribution < 1.29 is 19.4 Å². The Labute approximate surface area is 126 Å². The van der Waals surface area contributed by atoms with E-state index >= 15 is 0 Å². The summed E-state index contributed by atoms with van der Waals surface area (Å²) >= 11 is 0. The molecule has 112 valence electrons. The van der Waals surface area contributed by atoms with Crippen LogP contribution in [0.25, 0.3) is 5.52 Å². The second-order valence-electron chi connectivity index (χ2n) is 4.58. The molecule has 0 radical (unpaired) electrons. The van der Waals surface area contributed by atoms with Crippen LogP contribution in [0, 0.1) is 0 Å². The van der Waals surface area contributed by atoms with E-state index in [1.165, 1.54) is 7.11 Å². The first-order valence-electron chi connectivity index (χ1n) is 6.66. The first-order chi connectivity index (χ1) is 10.7. The highest BCUT2D eigenvalue weighted by atomic mass is 16.5. The van der Waals surface area contributed by atoms with Gasteiger partial charge in [0.1, 0.15) is 23.6 Å². The maximum atomic E-state index is 11.4. The topological polar surface area (TPSA) is 73.1 Å². The molecule has 1 aromatic carbocycles. The van der Waals surface area contributed by atoms with E-state index in [1.54, 1.807) is 22.7 Å². The molecule has 2 aromatic heterocycles. The molecule has 0 fully saturated rings. The maximum Gasteiger partial charge on any atom is 0.356 e. The number of imidazole rings is 1. The summed E-state index contributed by atoms with van der Waals surface area (Å²) in [6.07, 6.45) is 1.74. The summed E-state index contributed by atoms with van der Waals surface area (Å²) in [6, 6.07) is 12.8. The Morgan fingerprint density at radius 3 is 2.68 bits per heavy atom. The van der Waals surface area contributed by atoms with E-state index in [2.05, 4.69) is 4.98 Å². The number of fused-ring (bicyclic) bond motifs is 1. The summed E-state index contributed by atoms with van der Waals surface area (Å²) in [5.74, 6) is 0.542. The van der Waals surface area contributed by atoms with Crippen molar-refractivity contribution in [1.82, 2.24) is 9.38 Å². The Bertz CT molecular complexity index is 812. The minimum atomic E-state index is -1.10. The summed E-state index contributed by atoms with van der Waals surface area (Å²) in [5.41, 5.74) is 0.369. The van der Waals surface area contributed by atoms with Crippen molar-refractivity contribution in [3.8, 4) is 11.5 Å². The highest BCUT2D eigenvalue weighted by molar-refractivity contribution is 5.95. The standard InChI is InChI=1S/C16H14N2O4/c1-21-12-8-5-9-18-13(17-14(15(12)18)16(19)20)10-22-11-6-3-2-4-7-11/h2-9H,10H2,1H3,(H,19,20). The van der Waals surface area contributed by atoms with Crippen molar-refractivity contribution in [2.24, 2.45) is 0 Å². The van der Waals surface area contributed by atoms with Crippen LogP contribution in [-0.4, -0.2) is 27.6 Å². The molecule has 0 aliphatic heterocycles. The van der Waals surface area contributed by atoms with Gasteiger partial charge in [0.05, 0.1) is 7.11 Å². The van der Waals surface area contributed by atoms with E-state index in [-0.39, 0.29) is 12.3 Å². The Kier molecular flexibility index (Phi) is 3.65. The van der Waals surface area contributed by atoms with E-state index in [0.717, 1.165) is 0 Å². The zero-order valence-electron chi connectivity index (χ0n) is 11.9. The van der Waals surface area contributed by atoms with E-state index in [0.29, 0.717) is 22.8 Å². The van der Waals surface area contributed by atoms with Gasteiger partial charge in [-0.2, -0.15) is 0 Å². The van der Waals surface area contributed by atoms with E-state index in [9.17, 15) is 9.90 Å². The monoisotopic (exact) mass is 298 g/mol. The number of benzene rings is 1. The lowest BCUT2D eigenvalue weighted by atomic mass is 10.3. The average Bonchev–Trinajstić information content (AvgIpc) is 2.93. The molecular weight excluding hydrogens is 284 g/mol. The van der Waals surface area contributed by atoms with E-state index in [4.69, 9.17) is 9.47 Å². The van der Waals surface area contributed by atoms with Crippen LogP contribution in [0.2, 0.25) is 0 Å². The number of ether oxygens (including phenoxy) is 2. The Morgan fingerprint density at radius 2 is 2.00 bits per heavy atom. The fourth-order valence-corrected chi connectivity index (χ4v) is 2.25. The third kappa shape index (κ3) is 2.46. The highest BCUT2D eigenvalue weighted by Gasteiger charge is 2.20. The fraction of sp³-hybridized carbons (Fsp3) is 0.125. The number of methoxy groups -OCH3 is 1. The van der Waals surface area contributed by atoms with Crippen LogP contribution in [0.5, 0.6) is 11.5 Å². The highest BCUT2D eigenvalue weighted by Crippen LogP contribution is 2.25. The molecule has 0 saturated carbocycles. The normalized spacial score (nSPS) is 10.6. The average molecular weight is 298 g/mol. The molecular formula is C16H14N2O4. The van der Waals surface area contributed by atoms with Crippen molar-refractivity contribution >= 4 is 11.5 Å². The number of nitrogens with zero attached hydrogens (tertiary/aromatic N) is 2. The molecule has 22 heavy (non-hydrogen) atoms. The lowest BCUT2D eigenvalue weighted by Crippen LogP contribution is -2.01. The number of pyridine rings is 1. The molecule has 0 spiro atoms. The summed E-state index contributed by atoms with van der Waals surface area (Å²) in [6.45, 7) is 0.158. The molecule has 0 aliphatic carbocycles. The third-order valence-corrected chi connectivity index (χ3v) is 3.23. The van der Waals surface area contributed by atoms with Crippen LogP contribution in [0.4, 0.5) is 0 Å². The van der Waals surface area contributed by atoms with Gasteiger partial charge in [0, 0.05) is 6.20 Å². The predicted octanol–water partition coefficient (Wildman–Crippen LogP) is 2.62. The van der Waals surface area contributed by atoms with Crippen molar-refractivity contribution in [1.29, 1.82) is 0 Å². The Balaban J connectivity index is 2.01. The quantitative estimate of drug-likeness (QED) is 0.784. The number of hydrogen-bond donors (Lipinski definition) is 1. The van der Waals surface area contributed by atoms with Crippen LogP contribution in [0.3, 0.4) is 0 Å². The second-order valence-corrected chi connectivity index (χ2v) is 4.58. The molecule has 0 amide bonds. The predicted molar refractivity (Wildman–Crippen MR) is 79.5 cm³/mol. The van der Waals surface area contributed by atoms with Crippen LogP contribution in [0.15, 0.2) is 48.7 Å². The van der Waals surface area contributed by atoms with Gasteiger partial charge in [-0.3, -0.25) is 4.40 Å². The van der Waals surface area contributed by atoms with Crippen molar-refractivity contribution in [2.45, 2.75) is 6.61 Å². The third-order valence-electron chi connectivity index (χ3n) is 3.23. The van der Waals surface area contributed by atoms with Gasteiger partial charge in [-0.1, -0.05) is 18.2 Å². The van der Waals surface area contributed by atoms with Gasteiger partial charge in [0.2, 0.25) is 0 Å². The minimum absolute atomic E-state index is 0.0517. The Morgan fingerprint density at radius 1 is 1.23 bits per heavy atom. The summed E-state index contributed by atoms with van der Waals surface area (Å²) in [4.78, 5) is 15.6. The van der Waals surface area contributed by atoms with Gasteiger partial charge in [-0.15, -0.1) is 0 Å². The zero-order chi connectivity index (χ0) is 15.5. The lowest BCUT2D eigenvalue weighted by molar-refractivity contribution is 0.0692. The molecule has 0 saturated heterocycles. The van der Waals surface area contributed by atoms with Gasteiger partial charge >= 0.3 is 5.97 Å². The number of aromatic nitrogens is 2. The molecule has 3 rings (SSSR count). The van der Waals surface area contributed by atoms with Crippen LogP contribution in [-0.2, 0) is 6.61 Å². The SMILES string of the molecule is COc1cccn2c(COc3ccccc3)nc(C(=O)O)c12. The number of carboxylic acid groups (broad SMARTS) is 1. The van der Waals surface area contributed by atoms with Gasteiger partial charge in [0.25, 0.3) is 0 Å². The van der Waals surface area contributed by atoms with Gasteiger partial charge in [-0.05, 0) is 24.3 Å². The number of aromatic carboxylic acids is 1. The van der Waals surface area contributed by atoms with Gasteiger partial charge in [0.15, 0.2) is 11.5 Å². The molecule has 1 N–H and O–H groups in total. The second kappa shape index (κ2) is 5.77. The first kappa shape index (κ1) is 13.9. The van der Waals surface area contributed by atoms with Gasteiger partial charge < -0.3 is 14.6 Å². The van der Waals surface area contributed by atoms with Gasteiger partial charge in [-0.25, -0.2) is 9.78 Å². The van der Waals surface area contributed by atoms with Crippen molar-refractivity contribution in [3.63, 3.8) is 0 Å². The molecule has 6 heteroatoms. The zero-order valence-corrected chi connectivity index (χ0v) is 11.9. The smallest absolute Gasteiger partial charge is 0.356 e. The number of carbonyl (C=O) groups is 1. The number of para-hydroxylation sites is 1. The molecule has 6 nitrogen and oxygen atoms in total. The van der Waals surface area contributed by atoms with E-state index < -0.39 is 5.97 Å². The molecule has 3 aromatic rings. The van der Waals surface area contributed by atoms with Crippen molar-refractivity contribution in [3.05, 3.63) is 60.2 Å². The Hall–Kier alpha value is -3.02. The first-order valence-corrected chi connectivity index (χ1v) is 6.66. The molecule has 0 unspecified atom stereocenters. The number of hydrogen-bond acceptors (Lipinski definition) is 4. The number of rotatable bonds is 5. The summed E-state index contributed by atoms with van der Waals surface area (Å²) < 4.78 is 12.6. The van der Waals surface area contributed by atoms with Crippen molar-refractivity contribution in [2.75, 3.05) is 7.11 Å². The fourth-order valence-electron chi connectivity index (χ4n) is 2.25. The minimum Gasteiger partial charge on any atom is -0.494 e. The van der Waals surface area contributed by atoms with Crippen LogP contribution in [0.1, 0.15) is 16.3 Å². The molecule has 0 aliphatic rings. The summed E-state index contributed by atoms with van der Waals surface area (Å²) in [5, 5.41) is 9.33. The maximum absolute atomic E-state index is 11.4. The van der Waals surface area contributed by atoms with Crippen LogP contribution < -0.4 is 9.47 Å². The lowest BCUT2D eigenvalue weighted by Gasteiger charge is -2.06. The van der Waals surface area contributed by atoms with Crippen LogP contribution >= 0.6 is 0 Å². The number of carboxylic acids is 1. The molecule has 2 heterocycles. The largest absolute Gasteiger partial charge is 0.494 e. The molecule has 0 bridgehead atoms.